The summed E-state index contributed by atoms with van der Waals surface area (Å²) in [6.07, 6.45) is 0.0913. The van der Waals surface area contributed by atoms with Gasteiger partial charge in [-0.2, -0.15) is 0 Å². The van der Waals surface area contributed by atoms with Crippen LogP contribution in [0.3, 0.4) is 0 Å². The molecule has 0 aliphatic rings. The Morgan fingerprint density at radius 2 is 1.67 bits per heavy atom. The van der Waals surface area contributed by atoms with E-state index in [0.717, 1.165) is 11.4 Å². The second-order valence-electron chi connectivity index (χ2n) is 5.02. The SMILES string of the molecule is CC(C)Oc1ccc(C(Nc2ccccc2)C(=O)O)cc1. The van der Waals surface area contributed by atoms with Crippen LogP contribution in [0.2, 0.25) is 0 Å². The van der Waals surface area contributed by atoms with Gasteiger partial charge < -0.3 is 15.2 Å². The van der Waals surface area contributed by atoms with Gasteiger partial charge in [0.25, 0.3) is 0 Å². The summed E-state index contributed by atoms with van der Waals surface area (Å²) in [7, 11) is 0. The lowest BCUT2D eigenvalue weighted by molar-refractivity contribution is -0.138. The fraction of sp³-hybridized carbons (Fsp3) is 0.235. The number of hydrogen-bond acceptors (Lipinski definition) is 3. The minimum Gasteiger partial charge on any atom is -0.491 e. The molecule has 0 spiro atoms. The standard InChI is InChI=1S/C17H19NO3/c1-12(2)21-15-10-8-13(9-11-15)16(17(19)20)18-14-6-4-3-5-7-14/h3-12,16,18H,1-2H3,(H,19,20). The Morgan fingerprint density at radius 1 is 1.05 bits per heavy atom. The maximum atomic E-state index is 11.5. The van der Waals surface area contributed by atoms with Crippen LogP contribution in [-0.2, 0) is 4.79 Å². The number of benzene rings is 2. The van der Waals surface area contributed by atoms with Gasteiger partial charge in [0.05, 0.1) is 6.10 Å². The van der Waals surface area contributed by atoms with E-state index in [1.165, 1.54) is 0 Å². The zero-order chi connectivity index (χ0) is 15.2. The summed E-state index contributed by atoms with van der Waals surface area (Å²) in [4.78, 5) is 11.5. The Labute approximate surface area is 124 Å². The van der Waals surface area contributed by atoms with Gasteiger partial charge in [-0.15, -0.1) is 0 Å². The molecule has 2 aromatic carbocycles. The van der Waals surface area contributed by atoms with Crippen LogP contribution in [-0.4, -0.2) is 17.2 Å². The Morgan fingerprint density at radius 3 is 2.19 bits per heavy atom. The van der Waals surface area contributed by atoms with Gasteiger partial charge in [-0.1, -0.05) is 30.3 Å². The molecule has 0 radical (unpaired) electrons. The number of carbonyl (C=O) groups is 1. The van der Waals surface area contributed by atoms with E-state index in [1.54, 1.807) is 24.3 Å². The molecule has 0 saturated carbocycles. The lowest BCUT2D eigenvalue weighted by Crippen LogP contribution is -2.20. The van der Waals surface area contributed by atoms with Crippen molar-refractivity contribution in [2.75, 3.05) is 5.32 Å². The van der Waals surface area contributed by atoms with Crippen molar-refractivity contribution in [2.24, 2.45) is 0 Å². The first-order chi connectivity index (χ1) is 10.1. The molecule has 1 atom stereocenters. The van der Waals surface area contributed by atoms with E-state index in [0.29, 0.717) is 5.56 Å². The van der Waals surface area contributed by atoms with Crippen LogP contribution in [0.15, 0.2) is 54.6 Å². The molecule has 0 heterocycles. The summed E-state index contributed by atoms with van der Waals surface area (Å²) in [5.41, 5.74) is 1.45. The molecular formula is C17H19NO3. The van der Waals surface area contributed by atoms with Gasteiger partial charge in [0.15, 0.2) is 6.04 Å². The summed E-state index contributed by atoms with van der Waals surface area (Å²) in [5, 5.41) is 12.4. The fourth-order valence-electron chi connectivity index (χ4n) is 2.00. The van der Waals surface area contributed by atoms with Crippen LogP contribution in [0.25, 0.3) is 0 Å². The van der Waals surface area contributed by atoms with E-state index >= 15 is 0 Å². The largest absolute Gasteiger partial charge is 0.491 e. The molecular weight excluding hydrogens is 266 g/mol. The van der Waals surface area contributed by atoms with Gasteiger partial charge in [-0.05, 0) is 43.7 Å². The van der Waals surface area contributed by atoms with Crippen molar-refractivity contribution < 1.29 is 14.6 Å². The molecule has 4 nitrogen and oxygen atoms in total. The average molecular weight is 285 g/mol. The van der Waals surface area contributed by atoms with Crippen molar-refractivity contribution in [1.82, 2.24) is 0 Å². The smallest absolute Gasteiger partial charge is 0.330 e. The van der Waals surface area contributed by atoms with Crippen molar-refractivity contribution in [2.45, 2.75) is 26.0 Å². The van der Waals surface area contributed by atoms with E-state index in [2.05, 4.69) is 5.32 Å². The van der Waals surface area contributed by atoms with Crippen molar-refractivity contribution in [3.8, 4) is 5.75 Å². The molecule has 110 valence electrons. The van der Waals surface area contributed by atoms with E-state index < -0.39 is 12.0 Å². The van der Waals surface area contributed by atoms with Gasteiger partial charge >= 0.3 is 5.97 Å². The van der Waals surface area contributed by atoms with E-state index in [9.17, 15) is 9.90 Å². The van der Waals surface area contributed by atoms with Crippen LogP contribution in [0.1, 0.15) is 25.5 Å². The molecule has 0 aliphatic carbocycles. The number of rotatable bonds is 6. The maximum absolute atomic E-state index is 11.5. The topological polar surface area (TPSA) is 58.6 Å². The predicted molar refractivity (Wildman–Crippen MR) is 82.6 cm³/mol. The molecule has 0 bridgehead atoms. The third-order valence-electron chi connectivity index (χ3n) is 2.92. The third-order valence-corrected chi connectivity index (χ3v) is 2.92. The highest BCUT2D eigenvalue weighted by molar-refractivity contribution is 5.79. The number of para-hydroxylation sites is 1. The van der Waals surface area contributed by atoms with Gasteiger partial charge in [0.2, 0.25) is 0 Å². The lowest BCUT2D eigenvalue weighted by Gasteiger charge is -2.17. The highest BCUT2D eigenvalue weighted by atomic mass is 16.5. The van der Waals surface area contributed by atoms with E-state index in [1.807, 2.05) is 44.2 Å². The summed E-state index contributed by atoms with van der Waals surface area (Å²) >= 11 is 0. The normalized spacial score (nSPS) is 12.0. The molecule has 2 aromatic rings. The first-order valence-electron chi connectivity index (χ1n) is 6.87. The van der Waals surface area contributed by atoms with Crippen LogP contribution in [0.4, 0.5) is 5.69 Å². The average Bonchev–Trinajstić information content (AvgIpc) is 2.46. The number of anilines is 1. The minimum absolute atomic E-state index is 0.0913. The Kier molecular flexibility index (Phi) is 4.82. The summed E-state index contributed by atoms with van der Waals surface area (Å²) in [5.74, 6) is -0.186. The van der Waals surface area contributed by atoms with Crippen molar-refractivity contribution in [3.05, 3.63) is 60.2 Å². The van der Waals surface area contributed by atoms with E-state index in [4.69, 9.17) is 4.74 Å². The number of carboxylic acid groups (broad SMARTS) is 1. The highest BCUT2D eigenvalue weighted by Gasteiger charge is 2.19. The number of carboxylic acids is 1. The van der Waals surface area contributed by atoms with Gasteiger partial charge in [0.1, 0.15) is 5.75 Å². The summed E-state index contributed by atoms with van der Waals surface area (Å²) < 4.78 is 5.56. The monoisotopic (exact) mass is 285 g/mol. The first kappa shape index (κ1) is 14.9. The number of ether oxygens (including phenoxy) is 1. The number of aliphatic carboxylic acids is 1. The second-order valence-corrected chi connectivity index (χ2v) is 5.02. The first-order valence-corrected chi connectivity index (χ1v) is 6.87. The quantitative estimate of drug-likeness (QED) is 0.849. The molecule has 2 N–H and O–H groups in total. The molecule has 4 heteroatoms. The molecule has 0 amide bonds. The molecule has 0 aliphatic heterocycles. The second kappa shape index (κ2) is 6.79. The number of hydrogen-bond donors (Lipinski definition) is 2. The summed E-state index contributed by atoms with van der Waals surface area (Å²) in [6, 6.07) is 15.6. The fourth-order valence-corrected chi connectivity index (χ4v) is 2.00. The lowest BCUT2D eigenvalue weighted by atomic mass is 10.1. The Balaban J connectivity index is 2.16. The minimum atomic E-state index is -0.920. The highest BCUT2D eigenvalue weighted by Crippen LogP contribution is 2.22. The van der Waals surface area contributed by atoms with Crippen LogP contribution < -0.4 is 10.1 Å². The molecule has 2 rings (SSSR count). The molecule has 21 heavy (non-hydrogen) atoms. The van der Waals surface area contributed by atoms with Gasteiger partial charge in [-0.3, -0.25) is 0 Å². The predicted octanol–water partition coefficient (Wildman–Crippen LogP) is 3.71. The van der Waals surface area contributed by atoms with Gasteiger partial charge in [0, 0.05) is 5.69 Å². The Hall–Kier alpha value is -2.49. The molecule has 0 aromatic heterocycles. The number of nitrogens with one attached hydrogen (secondary N) is 1. The van der Waals surface area contributed by atoms with Crippen molar-refractivity contribution in [3.63, 3.8) is 0 Å². The van der Waals surface area contributed by atoms with Crippen LogP contribution in [0.5, 0.6) is 5.75 Å². The van der Waals surface area contributed by atoms with Crippen LogP contribution >= 0.6 is 0 Å². The maximum Gasteiger partial charge on any atom is 0.330 e. The van der Waals surface area contributed by atoms with Crippen molar-refractivity contribution in [1.29, 1.82) is 0 Å². The van der Waals surface area contributed by atoms with E-state index in [-0.39, 0.29) is 6.10 Å². The third kappa shape index (κ3) is 4.24. The zero-order valence-electron chi connectivity index (χ0n) is 12.1. The molecule has 1 unspecified atom stereocenters. The summed E-state index contributed by atoms with van der Waals surface area (Å²) in [6.45, 7) is 3.90. The molecule has 0 fully saturated rings. The van der Waals surface area contributed by atoms with Gasteiger partial charge in [-0.25, -0.2) is 4.79 Å². The molecule has 0 saturated heterocycles. The zero-order valence-corrected chi connectivity index (χ0v) is 12.1. The van der Waals surface area contributed by atoms with Crippen molar-refractivity contribution >= 4 is 11.7 Å². The Bertz CT molecular complexity index is 579. The van der Waals surface area contributed by atoms with Crippen LogP contribution in [0, 0.1) is 0 Å².